The molecule has 1 atom stereocenters. The average molecular weight is 446 g/mol. The Morgan fingerprint density at radius 1 is 0.839 bits per heavy atom. The minimum Gasteiger partial charge on any atom is -0.430 e. The molecule has 170 valence electrons. The number of methoxy groups -OCH3 is 1. The first kappa shape index (κ1) is 23.4. The summed E-state index contributed by atoms with van der Waals surface area (Å²) in [4.78, 5) is 0. The number of hydrogen-bond donors (Lipinski definition) is 0. The summed E-state index contributed by atoms with van der Waals surface area (Å²) < 4.78 is 85.6. The third kappa shape index (κ3) is 5.93. The predicted molar refractivity (Wildman–Crippen MR) is 105 cm³/mol. The molecule has 1 fully saturated rings. The lowest BCUT2D eigenvalue weighted by molar-refractivity contribution is -0.304. The zero-order chi connectivity index (χ0) is 22.6. The van der Waals surface area contributed by atoms with Crippen LogP contribution in [0.25, 0.3) is 11.1 Å². The third-order valence-electron chi connectivity index (χ3n) is 5.66. The van der Waals surface area contributed by atoms with Crippen LogP contribution in [0.4, 0.5) is 26.3 Å². The van der Waals surface area contributed by atoms with Crippen molar-refractivity contribution in [2.45, 2.75) is 50.1 Å². The highest BCUT2D eigenvalue weighted by Crippen LogP contribution is 2.38. The molecule has 0 N–H and O–H groups in total. The maximum Gasteiger partial charge on any atom is 0.439 e. The molecule has 0 aliphatic heterocycles. The number of rotatable bonds is 7. The summed E-state index contributed by atoms with van der Waals surface area (Å²) in [5.41, 5.74) is 2.74. The van der Waals surface area contributed by atoms with E-state index in [1.54, 1.807) is 7.11 Å². The van der Waals surface area contributed by atoms with E-state index < -0.39 is 24.2 Å². The van der Waals surface area contributed by atoms with Crippen LogP contribution in [0.5, 0.6) is 5.75 Å². The molecule has 1 aliphatic carbocycles. The molecule has 3 rings (SSSR count). The average Bonchev–Trinajstić information content (AvgIpc) is 2.74. The van der Waals surface area contributed by atoms with E-state index in [2.05, 4.69) is 4.74 Å². The summed E-state index contributed by atoms with van der Waals surface area (Å²) in [5.74, 6) is 0.546. The van der Waals surface area contributed by atoms with E-state index in [1.807, 2.05) is 24.3 Å². The number of ether oxygens (including phenoxy) is 2. The van der Waals surface area contributed by atoms with Crippen molar-refractivity contribution in [2.75, 3.05) is 13.7 Å². The first-order chi connectivity index (χ1) is 14.6. The molecule has 1 aliphatic rings. The molecule has 31 heavy (non-hydrogen) atoms. The van der Waals surface area contributed by atoms with Gasteiger partial charge >= 0.3 is 12.3 Å². The lowest BCUT2D eigenvalue weighted by Gasteiger charge is -2.28. The highest BCUT2D eigenvalue weighted by atomic mass is 19.4. The fourth-order valence-electron chi connectivity index (χ4n) is 3.96. The van der Waals surface area contributed by atoms with Crippen LogP contribution >= 0.6 is 0 Å². The van der Waals surface area contributed by atoms with Gasteiger partial charge < -0.3 is 9.47 Å². The second-order valence-electron chi connectivity index (χ2n) is 7.89. The summed E-state index contributed by atoms with van der Waals surface area (Å²) >= 11 is 0. The van der Waals surface area contributed by atoms with Crippen LogP contribution in [-0.4, -0.2) is 32.2 Å². The quantitative estimate of drug-likeness (QED) is 0.421. The van der Waals surface area contributed by atoms with Crippen molar-refractivity contribution in [1.82, 2.24) is 0 Å². The van der Waals surface area contributed by atoms with Gasteiger partial charge in [0.2, 0.25) is 0 Å². The first-order valence-electron chi connectivity index (χ1n) is 10.1. The molecule has 1 unspecified atom stereocenters. The number of halogens is 6. The second-order valence-corrected chi connectivity index (χ2v) is 7.89. The van der Waals surface area contributed by atoms with Crippen LogP contribution in [0.3, 0.4) is 0 Å². The second kappa shape index (κ2) is 9.51. The van der Waals surface area contributed by atoms with Crippen molar-refractivity contribution < 1.29 is 35.8 Å². The van der Waals surface area contributed by atoms with Crippen LogP contribution in [0.2, 0.25) is 0 Å². The summed E-state index contributed by atoms with van der Waals surface area (Å²) in [6.45, 7) is 0.791. The van der Waals surface area contributed by atoms with Gasteiger partial charge in [-0.15, -0.1) is 0 Å². The Morgan fingerprint density at radius 2 is 1.35 bits per heavy atom. The zero-order valence-electron chi connectivity index (χ0n) is 17.0. The Labute approximate surface area is 177 Å². The number of benzene rings is 2. The van der Waals surface area contributed by atoms with Gasteiger partial charge in [0, 0.05) is 13.7 Å². The SMILES string of the molecule is COCC1CCC(c2ccc(-c3ccc(OC(F)(F)C(F)C(F)(F)F)cc3)cc2)CC1. The van der Waals surface area contributed by atoms with Crippen LogP contribution in [-0.2, 0) is 4.74 Å². The van der Waals surface area contributed by atoms with Gasteiger partial charge in [0.05, 0.1) is 0 Å². The van der Waals surface area contributed by atoms with E-state index >= 15 is 0 Å². The Morgan fingerprint density at radius 3 is 1.84 bits per heavy atom. The molecule has 2 aromatic rings. The molecule has 0 aromatic heterocycles. The molecule has 0 radical (unpaired) electrons. The third-order valence-corrected chi connectivity index (χ3v) is 5.66. The van der Waals surface area contributed by atoms with Crippen molar-refractivity contribution in [2.24, 2.45) is 5.92 Å². The lowest BCUT2D eigenvalue weighted by atomic mass is 9.79. The van der Waals surface area contributed by atoms with Crippen molar-refractivity contribution in [3.05, 3.63) is 54.1 Å². The molecule has 0 saturated heterocycles. The Kier molecular flexibility index (Phi) is 7.19. The lowest BCUT2D eigenvalue weighted by Crippen LogP contribution is -2.45. The van der Waals surface area contributed by atoms with E-state index in [1.165, 1.54) is 17.7 Å². The van der Waals surface area contributed by atoms with E-state index in [4.69, 9.17) is 4.74 Å². The summed E-state index contributed by atoms with van der Waals surface area (Å²) in [6.07, 6.45) is -10.7. The van der Waals surface area contributed by atoms with Crippen LogP contribution in [0.1, 0.15) is 37.2 Å². The molecule has 0 heterocycles. The Hall–Kier alpha value is -2.22. The number of alkyl halides is 6. The minimum atomic E-state index is -5.71. The van der Waals surface area contributed by atoms with E-state index in [-0.39, 0.29) is 0 Å². The van der Waals surface area contributed by atoms with Gasteiger partial charge in [0.25, 0.3) is 6.17 Å². The number of hydrogen-bond acceptors (Lipinski definition) is 2. The fourth-order valence-corrected chi connectivity index (χ4v) is 3.96. The fraction of sp³-hybridized carbons (Fsp3) is 0.478. The Bertz CT molecular complexity index is 825. The van der Waals surface area contributed by atoms with Crippen LogP contribution in [0, 0.1) is 5.92 Å². The van der Waals surface area contributed by atoms with E-state index in [0.717, 1.165) is 50.0 Å². The van der Waals surface area contributed by atoms with Gasteiger partial charge in [-0.3, -0.25) is 0 Å². The maximum atomic E-state index is 13.4. The van der Waals surface area contributed by atoms with Gasteiger partial charge in [-0.2, -0.15) is 22.0 Å². The molecule has 0 amide bonds. The molecule has 0 bridgehead atoms. The molecule has 1 saturated carbocycles. The smallest absolute Gasteiger partial charge is 0.430 e. The molecule has 8 heteroatoms. The van der Waals surface area contributed by atoms with Gasteiger partial charge in [0.1, 0.15) is 5.75 Å². The van der Waals surface area contributed by atoms with Crippen molar-refractivity contribution in [3.63, 3.8) is 0 Å². The Balaban J connectivity index is 1.63. The van der Waals surface area contributed by atoms with Crippen molar-refractivity contribution in [1.29, 1.82) is 0 Å². The minimum absolute atomic E-state index is 0.488. The highest BCUT2D eigenvalue weighted by Gasteiger charge is 2.59. The van der Waals surface area contributed by atoms with Crippen LogP contribution in [0.15, 0.2) is 48.5 Å². The zero-order valence-corrected chi connectivity index (χ0v) is 17.0. The molecule has 2 nitrogen and oxygen atoms in total. The maximum absolute atomic E-state index is 13.4. The molecule has 2 aromatic carbocycles. The normalized spacial score (nSPS) is 21.0. The molecule has 0 spiro atoms. The van der Waals surface area contributed by atoms with Crippen LogP contribution < -0.4 is 4.74 Å². The van der Waals surface area contributed by atoms with Gasteiger partial charge in [-0.1, -0.05) is 36.4 Å². The largest absolute Gasteiger partial charge is 0.439 e. The van der Waals surface area contributed by atoms with E-state index in [0.29, 0.717) is 17.4 Å². The highest BCUT2D eigenvalue weighted by molar-refractivity contribution is 5.64. The van der Waals surface area contributed by atoms with Crippen molar-refractivity contribution in [3.8, 4) is 16.9 Å². The predicted octanol–water partition coefficient (Wildman–Crippen LogP) is 7.15. The summed E-state index contributed by atoms with van der Waals surface area (Å²) in [7, 11) is 1.72. The van der Waals surface area contributed by atoms with Gasteiger partial charge in [-0.25, -0.2) is 4.39 Å². The summed E-state index contributed by atoms with van der Waals surface area (Å²) in [6, 6.07) is 13.0. The molecular formula is C23H24F6O2. The summed E-state index contributed by atoms with van der Waals surface area (Å²) in [5, 5.41) is 0. The first-order valence-corrected chi connectivity index (χ1v) is 10.1. The van der Waals surface area contributed by atoms with Crippen molar-refractivity contribution >= 4 is 0 Å². The van der Waals surface area contributed by atoms with E-state index in [9.17, 15) is 26.3 Å². The van der Waals surface area contributed by atoms with Gasteiger partial charge in [-0.05, 0) is 66.3 Å². The van der Waals surface area contributed by atoms with Gasteiger partial charge in [0.15, 0.2) is 0 Å². The standard InChI is InChI=1S/C23H24F6O2/c1-30-14-15-2-4-16(5-3-15)17-6-8-18(9-7-17)19-10-12-20(13-11-19)31-23(28,29)21(24)22(25,26)27/h6-13,15-16,21H,2-5,14H2,1H3. The molecular weight excluding hydrogens is 422 g/mol. The topological polar surface area (TPSA) is 18.5 Å². The monoisotopic (exact) mass is 446 g/mol.